The first-order valence-corrected chi connectivity index (χ1v) is 6.33. The molecule has 0 saturated heterocycles. The van der Waals surface area contributed by atoms with Crippen molar-refractivity contribution in [3.05, 3.63) is 0 Å². The lowest BCUT2D eigenvalue weighted by atomic mass is 9.61. The van der Waals surface area contributed by atoms with Gasteiger partial charge in [0.05, 0.1) is 18.1 Å². The van der Waals surface area contributed by atoms with Crippen molar-refractivity contribution < 1.29 is 4.74 Å². The quantitative estimate of drug-likeness (QED) is 0.753. The van der Waals surface area contributed by atoms with Crippen LogP contribution >= 0.6 is 0 Å². The summed E-state index contributed by atoms with van der Waals surface area (Å²) in [5, 5.41) is 12.2. The van der Waals surface area contributed by atoms with Gasteiger partial charge in [-0.25, -0.2) is 0 Å². The number of hydrogen-bond acceptors (Lipinski definition) is 3. The van der Waals surface area contributed by atoms with E-state index in [0.717, 1.165) is 26.0 Å². The van der Waals surface area contributed by atoms with Crippen LogP contribution in [0.1, 0.15) is 40.5 Å². The van der Waals surface area contributed by atoms with Crippen LogP contribution in [0.25, 0.3) is 0 Å². The van der Waals surface area contributed by atoms with Gasteiger partial charge in [0, 0.05) is 24.6 Å². The van der Waals surface area contributed by atoms with Crippen LogP contribution in [0.15, 0.2) is 0 Å². The molecule has 1 rings (SSSR count). The summed E-state index contributed by atoms with van der Waals surface area (Å²) in [4.78, 5) is 0. The first kappa shape index (κ1) is 13.5. The molecule has 1 aliphatic carbocycles. The first-order valence-electron chi connectivity index (χ1n) is 6.33. The second-order valence-corrected chi connectivity index (χ2v) is 5.03. The highest BCUT2D eigenvalue weighted by Crippen LogP contribution is 2.45. The maximum atomic E-state index is 8.75. The molecule has 3 nitrogen and oxygen atoms in total. The molecule has 4 unspecified atom stereocenters. The summed E-state index contributed by atoms with van der Waals surface area (Å²) in [6.45, 7) is 10.1. The van der Waals surface area contributed by atoms with Gasteiger partial charge >= 0.3 is 0 Å². The molecule has 0 aromatic heterocycles. The number of nitrogens with zero attached hydrogens (tertiary/aromatic N) is 1. The van der Waals surface area contributed by atoms with E-state index in [2.05, 4.69) is 32.2 Å². The van der Waals surface area contributed by atoms with Crippen molar-refractivity contribution in [2.75, 3.05) is 13.2 Å². The minimum atomic E-state index is 0.0900. The molecule has 92 valence electrons. The molecule has 0 amide bonds. The Labute approximate surface area is 99.2 Å². The number of nitrogens with one attached hydrogen (secondary N) is 1. The molecule has 0 radical (unpaired) electrons. The summed E-state index contributed by atoms with van der Waals surface area (Å²) in [6, 6.07) is 2.76. The topological polar surface area (TPSA) is 45.0 Å². The van der Waals surface area contributed by atoms with Crippen molar-refractivity contribution >= 4 is 0 Å². The summed E-state index contributed by atoms with van der Waals surface area (Å²) < 4.78 is 5.74. The fourth-order valence-electron chi connectivity index (χ4n) is 2.43. The van der Waals surface area contributed by atoms with E-state index in [1.807, 2.05) is 6.92 Å². The van der Waals surface area contributed by atoms with Gasteiger partial charge in [-0.3, -0.25) is 0 Å². The third-order valence-electron chi connectivity index (χ3n) is 4.00. The van der Waals surface area contributed by atoms with Crippen molar-refractivity contribution in [2.45, 2.75) is 52.7 Å². The summed E-state index contributed by atoms with van der Waals surface area (Å²) in [5.41, 5.74) is 0.241. The second-order valence-electron chi connectivity index (χ2n) is 5.03. The fraction of sp³-hybridized carbons (Fsp3) is 0.923. The summed E-state index contributed by atoms with van der Waals surface area (Å²) in [7, 11) is 0. The first-order chi connectivity index (χ1) is 7.58. The number of hydrogen-bond donors (Lipinski definition) is 1. The van der Waals surface area contributed by atoms with E-state index in [1.165, 1.54) is 0 Å². The highest BCUT2D eigenvalue weighted by molar-refractivity contribution is 5.05. The van der Waals surface area contributed by atoms with E-state index in [1.54, 1.807) is 0 Å². The second kappa shape index (κ2) is 5.65. The lowest BCUT2D eigenvalue weighted by Crippen LogP contribution is -2.62. The van der Waals surface area contributed by atoms with Gasteiger partial charge in [0.2, 0.25) is 0 Å². The molecule has 1 N–H and O–H groups in total. The molecule has 0 aromatic rings. The third kappa shape index (κ3) is 2.56. The zero-order chi connectivity index (χ0) is 12.2. The van der Waals surface area contributed by atoms with Gasteiger partial charge in [0.1, 0.15) is 0 Å². The van der Waals surface area contributed by atoms with E-state index in [9.17, 15) is 0 Å². The molecule has 0 bridgehead atoms. The molecule has 4 atom stereocenters. The lowest BCUT2D eigenvalue weighted by Gasteiger charge is -2.54. The van der Waals surface area contributed by atoms with E-state index in [0.29, 0.717) is 12.1 Å². The van der Waals surface area contributed by atoms with Gasteiger partial charge in [-0.1, -0.05) is 13.8 Å². The Morgan fingerprint density at radius 3 is 2.75 bits per heavy atom. The minimum Gasteiger partial charge on any atom is -0.378 e. The Balaban J connectivity index is 2.43. The van der Waals surface area contributed by atoms with Crippen molar-refractivity contribution in [3.63, 3.8) is 0 Å². The van der Waals surface area contributed by atoms with Crippen LogP contribution in [0.2, 0.25) is 0 Å². The van der Waals surface area contributed by atoms with E-state index in [-0.39, 0.29) is 11.3 Å². The molecule has 1 saturated carbocycles. The summed E-state index contributed by atoms with van der Waals surface area (Å²) in [5.74, 6) is 0.0900. The standard InChI is InChI=1S/C13H24N2O/c1-5-13(4)11(7-12(13)16-6-2)15-9-10(3)8-14/h10-12,15H,5-7,9H2,1-4H3. The minimum absolute atomic E-state index is 0.0900. The predicted octanol–water partition coefficient (Wildman–Crippen LogP) is 2.33. The zero-order valence-electron chi connectivity index (χ0n) is 10.9. The molecule has 0 spiro atoms. The van der Waals surface area contributed by atoms with Gasteiger partial charge in [-0.2, -0.15) is 5.26 Å². The van der Waals surface area contributed by atoms with Crippen molar-refractivity contribution in [1.29, 1.82) is 5.26 Å². The van der Waals surface area contributed by atoms with E-state index >= 15 is 0 Å². The Morgan fingerprint density at radius 2 is 2.25 bits per heavy atom. The molecule has 1 fully saturated rings. The molecule has 0 heterocycles. The molecule has 0 aromatic carbocycles. The lowest BCUT2D eigenvalue weighted by molar-refractivity contribution is -0.125. The van der Waals surface area contributed by atoms with Crippen molar-refractivity contribution in [1.82, 2.24) is 5.32 Å². The van der Waals surface area contributed by atoms with Crippen molar-refractivity contribution in [3.8, 4) is 6.07 Å². The van der Waals surface area contributed by atoms with Gasteiger partial charge < -0.3 is 10.1 Å². The monoisotopic (exact) mass is 224 g/mol. The maximum absolute atomic E-state index is 8.75. The molecule has 1 aliphatic rings. The van der Waals surface area contributed by atoms with Crippen LogP contribution < -0.4 is 5.32 Å². The van der Waals surface area contributed by atoms with Crippen LogP contribution in [0.3, 0.4) is 0 Å². The Kier molecular flexibility index (Phi) is 4.76. The van der Waals surface area contributed by atoms with Crippen LogP contribution in [0.5, 0.6) is 0 Å². The fourth-order valence-corrected chi connectivity index (χ4v) is 2.43. The molecule has 3 heteroatoms. The van der Waals surface area contributed by atoms with Gasteiger partial charge in [-0.05, 0) is 26.7 Å². The summed E-state index contributed by atoms with van der Waals surface area (Å²) in [6.07, 6.45) is 2.59. The molecule has 16 heavy (non-hydrogen) atoms. The highest BCUT2D eigenvalue weighted by atomic mass is 16.5. The predicted molar refractivity (Wildman–Crippen MR) is 65.0 cm³/mol. The Hall–Kier alpha value is -0.590. The van der Waals surface area contributed by atoms with Crippen LogP contribution in [-0.4, -0.2) is 25.3 Å². The Morgan fingerprint density at radius 1 is 1.56 bits per heavy atom. The maximum Gasteiger partial charge on any atom is 0.0666 e. The third-order valence-corrected chi connectivity index (χ3v) is 4.00. The SMILES string of the molecule is CCOC1CC(NCC(C)C#N)C1(C)CC. The van der Waals surface area contributed by atoms with Crippen molar-refractivity contribution in [2.24, 2.45) is 11.3 Å². The van der Waals surface area contributed by atoms with E-state index in [4.69, 9.17) is 10.00 Å². The van der Waals surface area contributed by atoms with E-state index < -0.39 is 0 Å². The Bertz CT molecular complexity index is 261. The van der Waals surface area contributed by atoms with Gasteiger partial charge in [-0.15, -0.1) is 0 Å². The average molecular weight is 224 g/mol. The van der Waals surface area contributed by atoms with Crippen LogP contribution in [-0.2, 0) is 4.74 Å². The van der Waals surface area contributed by atoms with Gasteiger partial charge in [0.15, 0.2) is 0 Å². The molecular weight excluding hydrogens is 200 g/mol. The van der Waals surface area contributed by atoms with Crippen LogP contribution in [0, 0.1) is 22.7 Å². The highest BCUT2D eigenvalue weighted by Gasteiger charge is 2.50. The van der Waals surface area contributed by atoms with Gasteiger partial charge in [0.25, 0.3) is 0 Å². The summed E-state index contributed by atoms with van der Waals surface area (Å²) >= 11 is 0. The largest absolute Gasteiger partial charge is 0.378 e. The van der Waals surface area contributed by atoms with Crippen LogP contribution in [0.4, 0.5) is 0 Å². The molecule has 0 aliphatic heterocycles. The smallest absolute Gasteiger partial charge is 0.0666 e. The normalized spacial score (nSPS) is 35.2. The number of nitriles is 1. The number of rotatable bonds is 6. The average Bonchev–Trinajstić information content (AvgIpc) is 2.31. The number of ether oxygens (including phenoxy) is 1. The zero-order valence-corrected chi connectivity index (χ0v) is 10.9. The molecular formula is C13H24N2O.